The SMILES string of the molecule is Cc1ccc(/C(O)=C2/C(=O)C(=O)N(CCCC(=O)O)C2/C=C/c2ccccc2)cc1. The number of aryl methyl sites for hydroxylation is 1. The highest BCUT2D eigenvalue weighted by Gasteiger charge is 2.43. The number of carbonyl (C=O) groups is 3. The van der Waals surface area contributed by atoms with E-state index in [1.54, 1.807) is 24.3 Å². The first kappa shape index (κ1) is 21.0. The molecule has 0 bridgehead atoms. The Morgan fingerprint density at radius 3 is 2.33 bits per heavy atom. The van der Waals surface area contributed by atoms with Gasteiger partial charge in [0.05, 0.1) is 11.6 Å². The molecule has 1 unspecified atom stereocenters. The van der Waals surface area contributed by atoms with Gasteiger partial charge in [0.15, 0.2) is 0 Å². The fourth-order valence-corrected chi connectivity index (χ4v) is 3.38. The molecule has 0 aromatic heterocycles. The maximum atomic E-state index is 12.8. The molecule has 2 N–H and O–H groups in total. The lowest BCUT2D eigenvalue weighted by atomic mass is 9.99. The van der Waals surface area contributed by atoms with Gasteiger partial charge >= 0.3 is 5.97 Å². The Balaban J connectivity index is 2.01. The minimum Gasteiger partial charge on any atom is -0.507 e. The molecule has 0 spiro atoms. The molecule has 1 aliphatic heterocycles. The minimum absolute atomic E-state index is 0.00589. The lowest BCUT2D eigenvalue weighted by molar-refractivity contribution is -0.140. The van der Waals surface area contributed by atoms with Gasteiger partial charge in [-0.15, -0.1) is 0 Å². The van der Waals surface area contributed by atoms with Crippen LogP contribution in [0.2, 0.25) is 0 Å². The fraction of sp³-hybridized carbons (Fsp3) is 0.208. The van der Waals surface area contributed by atoms with Crippen molar-refractivity contribution in [2.75, 3.05) is 6.54 Å². The Hall–Kier alpha value is -3.67. The molecule has 2 aromatic rings. The third-order valence-corrected chi connectivity index (χ3v) is 4.97. The average Bonchev–Trinajstić information content (AvgIpc) is 2.97. The Morgan fingerprint density at radius 1 is 1.03 bits per heavy atom. The summed E-state index contributed by atoms with van der Waals surface area (Å²) in [5.41, 5.74) is 2.33. The van der Waals surface area contributed by atoms with Crippen LogP contribution in [-0.2, 0) is 14.4 Å². The predicted molar refractivity (Wildman–Crippen MR) is 114 cm³/mol. The van der Waals surface area contributed by atoms with Crippen molar-refractivity contribution in [2.45, 2.75) is 25.8 Å². The van der Waals surface area contributed by atoms with Crippen LogP contribution in [0.4, 0.5) is 0 Å². The summed E-state index contributed by atoms with van der Waals surface area (Å²) in [6.07, 6.45) is 3.57. The zero-order chi connectivity index (χ0) is 21.7. The van der Waals surface area contributed by atoms with Crippen LogP contribution in [0.15, 0.2) is 66.2 Å². The van der Waals surface area contributed by atoms with Crippen molar-refractivity contribution in [1.82, 2.24) is 4.90 Å². The van der Waals surface area contributed by atoms with E-state index in [4.69, 9.17) is 5.11 Å². The Morgan fingerprint density at radius 2 is 1.70 bits per heavy atom. The van der Waals surface area contributed by atoms with Crippen molar-refractivity contribution in [3.8, 4) is 0 Å². The van der Waals surface area contributed by atoms with Crippen LogP contribution in [0.5, 0.6) is 0 Å². The maximum absolute atomic E-state index is 12.8. The van der Waals surface area contributed by atoms with Gasteiger partial charge in [-0.25, -0.2) is 0 Å². The summed E-state index contributed by atoms with van der Waals surface area (Å²) in [5, 5.41) is 19.8. The van der Waals surface area contributed by atoms with E-state index in [0.29, 0.717) is 5.56 Å². The van der Waals surface area contributed by atoms with Crippen molar-refractivity contribution in [1.29, 1.82) is 0 Å². The van der Waals surface area contributed by atoms with Gasteiger partial charge in [0.25, 0.3) is 11.7 Å². The highest BCUT2D eigenvalue weighted by Crippen LogP contribution is 2.30. The molecule has 0 saturated carbocycles. The number of aliphatic hydroxyl groups excluding tert-OH is 1. The average molecular weight is 405 g/mol. The monoisotopic (exact) mass is 405 g/mol. The topological polar surface area (TPSA) is 94.9 Å². The quantitative estimate of drug-likeness (QED) is 0.417. The summed E-state index contributed by atoms with van der Waals surface area (Å²) in [6, 6.07) is 15.6. The molecule has 1 aliphatic rings. The number of Topliss-reactive ketones (excluding diaryl/α,β-unsaturated/α-hetero) is 1. The maximum Gasteiger partial charge on any atom is 0.303 e. The van der Waals surface area contributed by atoms with Gasteiger partial charge in [-0.05, 0) is 18.9 Å². The van der Waals surface area contributed by atoms with E-state index in [0.717, 1.165) is 11.1 Å². The molecule has 0 radical (unpaired) electrons. The Kier molecular flexibility index (Phi) is 6.47. The van der Waals surface area contributed by atoms with Crippen LogP contribution < -0.4 is 0 Å². The van der Waals surface area contributed by atoms with E-state index in [-0.39, 0.29) is 30.7 Å². The summed E-state index contributed by atoms with van der Waals surface area (Å²) < 4.78 is 0. The molecular formula is C24H23NO5. The van der Waals surface area contributed by atoms with Gasteiger partial charge in [-0.1, -0.05) is 72.3 Å². The zero-order valence-corrected chi connectivity index (χ0v) is 16.6. The number of carboxylic acid groups (broad SMARTS) is 1. The number of benzene rings is 2. The van der Waals surface area contributed by atoms with Crippen molar-refractivity contribution in [3.05, 3.63) is 82.9 Å². The number of likely N-dealkylation sites (tertiary alicyclic amines) is 1. The van der Waals surface area contributed by atoms with E-state index >= 15 is 0 Å². The predicted octanol–water partition coefficient (Wildman–Crippen LogP) is 3.62. The molecule has 3 rings (SSSR count). The van der Waals surface area contributed by atoms with E-state index < -0.39 is 23.7 Å². The number of ketones is 1. The van der Waals surface area contributed by atoms with Crippen LogP contribution in [0.25, 0.3) is 11.8 Å². The number of hydrogen-bond donors (Lipinski definition) is 2. The molecule has 2 aromatic carbocycles. The van der Waals surface area contributed by atoms with Crippen molar-refractivity contribution in [3.63, 3.8) is 0 Å². The summed E-state index contributed by atoms with van der Waals surface area (Å²) in [6.45, 7) is 2.01. The zero-order valence-electron chi connectivity index (χ0n) is 16.6. The van der Waals surface area contributed by atoms with Crippen molar-refractivity contribution < 1.29 is 24.6 Å². The Labute approximate surface area is 174 Å². The first-order chi connectivity index (χ1) is 14.4. The van der Waals surface area contributed by atoms with Crippen molar-refractivity contribution >= 4 is 29.5 Å². The molecule has 1 amide bonds. The summed E-state index contributed by atoms with van der Waals surface area (Å²) in [4.78, 5) is 37.6. The van der Waals surface area contributed by atoms with Gasteiger partial charge in [-0.3, -0.25) is 14.4 Å². The molecule has 30 heavy (non-hydrogen) atoms. The normalized spacial score (nSPS) is 18.3. The van der Waals surface area contributed by atoms with Gasteiger partial charge in [-0.2, -0.15) is 0 Å². The van der Waals surface area contributed by atoms with Gasteiger partial charge in [0, 0.05) is 18.5 Å². The van der Waals surface area contributed by atoms with E-state index in [1.165, 1.54) is 4.90 Å². The van der Waals surface area contributed by atoms with Gasteiger partial charge in [0.2, 0.25) is 0 Å². The molecule has 1 heterocycles. The molecule has 154 valence electrons. The third kappa shape index (κ3) is 4.66. The number of rotatable bonds is 7. The number of amides is 1. The second-order valence-electron chi connectivity index (χ2n) is 7.17. The van der Waals surface area contributed by atoms with Gasteiger partial charge < -0.3 is 15.1 Å². The standard InChI is InChI=1S/C24H23NO5/c1-16-9-12-18(13-10-16)22(28)21-19(14-11-17-6-3-2-4-7-17)25(24(30)23(21)29)15-5-8-20(26)27/h2-4,6-7,9-14,19,28H,5,8,15H2,1H3,(H,26,27)/b14-11+,22-21-. The van der Waals surface area contributed by atoms with Crippen LogP contribution in [-0.4, -0.2) is 45.4 Å². The van der Waals surface area contributed by atoms with Crippen molar-refractivity contribution in [2.24, 2.45) is 0 Å². The van der Waals surface area contributed by atoms with Crippen LogP contribution >= 0.6 is 0 Å². The number of aliphatic hydroxyl groups is 1. The smallest absolute Gasteiger partial charge is 0.303 e. The van der Waals surface area contributed by atoms with E-state index in [9.17, 15) is 19.5 Å². The summed E-state index contributed by atoms with van der Waals surface area (Å²) in [5.74, 6) is -2.72. The highest BCUT2D eigenvalue weighted by molar-refractivity contribution is 6.47. The number of carbonyl (C=O) groups excluding carboxylic acids is 2. The first-order valence-corrected chi connectivity index (χ1v) is 9.69. The van der Waals surface area contributed by atoms with Crippen LogP contribution in [0, 0.1) is 6.92 Å². The fourth-order valence-electron chi connectivity index (χ4n) is 3.38. The molecule has 6 heteroatoms. The van der Waals surface area contributed by atoms with E-state index in [2.05, 4.69) is 0 Å². The molecule has 1 fully saturated rings. The number of aliphatic carboxylic acids is 1. The number of carboxylic acids is 1. The summed E-state index contributed by atoms with van der Waals surface area (Å²) >= 11 is 0. The Bertz CT molecular complexity index is 1010. The molecule has 1 saturated heterocycles. The highest BCUT2D eigenvalue weighted by atomic mass is 16.4. The largest absolute Gasteiger partial charge is 0.507 e. The molecule has 0 aliphatic carbocycles. The molecule has 1 atom stereocenters. The van der Waals surface area contributed by atoms with Crippen LogP contribution in [0.3, 0.4) is 0 Å². The lowest BCUT2D eigenvalue weighted by Gasteiger charge is -2.22. The van der Waals surface area contributed by atoms with Crippen LogP contribution in [0.1, 0.15) is 29.5 Å². The second-order valence-corrected chi connectivity index (χ2v) is 7.17. The first-order valence-electron chi connectivity index (χ1n) is 9.69. The number of nitrogens with zero attached hydrogens (tertiary/aromatic N) is 1. The number of hydrogen-bond acceptors (Lipinski definition) is 4. The molecule has 6 nitrogen and oxygen atoms in total. The third-order valence-electron chi connectivity index (χ3n) is 4.97. The second kappa shape index (κ2) is 9.22. The molecular weight excluding hydrogens is 382 g/mol. The summed E-state index contributed by atoms with van der Waals surface area (Å²) in [7, 11) is 0. The van der Waals surface area contributed by atoms with Gasteiger partial charge in [0.1, 0.15) is 5.76 Å². The lowest BCUT2D eigenvalue weighted by Crippen LogP contribution is -2.34. The van der Waals surface area contributed by atoms with E-state index in [1.807, 2.05) is 49.4 Å². The minimum atomic E-state index is -0.970.